The molecule has 1 aromatic carbocycles. The van der Waals surface area contributed by atoms with Crippen LogP contribution < -0.4 is 5.73 Å². The van der Waals surface area contributed by atoms with Gasteiger partial charge in [0.1, 0.15) is 5.82 Å². The van der Waals surface area contributed by atoms with Gasteiger partial charge in [-0.25, -0.2) is 9.37 Å². The molecule has 3 nitrogen and oxygen atoms in total. The first-order chi connectivity index (χ1) is 9.61. The van der Waals surface area contributed by atoms with Crippen LogP contribution in [0.4, 0.5) is 10.3 Å². The number of fused-ring (bicyclic) bond motifs is 1. The maximum absolute atomic E-state index is 13.6. The lowest BCUT2D eigenvalue weighted by molar-refractivity contribution is 0.549. The summed E-state index contributed by atoms with van der Waals surface area (Å²) in [5, 5.41) is 0.573. The molecular weight excluding hydrogens is 341 g/mol. The summed E-state index contributed by atoms with van der Waals surface area (Å²) in [7, 11) is 0. The molecule has 108 valence electrons. The van der Waals surface area contributed by atoms with Crippen LogP contribution in [0.2, 0.25) is 0 Å². The largest absolute Gasteiger partial charge is 0.369 e. The zero-order chi connectivity index (χ0) is 14.3. The molecule has 1 fully saturated rings. The molecule has 2 atom stereocenters. The van der Waals surface area contributed by atoms with E-state index in [2.05, 4.69) is 32.4 Å². The number of thioether (sulfide) groups is 1. The Morgan fingerprint density at radius 1 is 1.50 bits per heavy atom. The van der Waals surface area contributed by atoms with E-state index in [1.165, 1.54) is 18.9 Å². The number of nitrogen functional groups attached to an aromatic ring is 1. The third-order valence-corrected chi connectivity index (χ3v) is 5.81. The van der Waals surface area contributed by atoms with E-state index in [1.807, 2.05) is 11.8 Å². The van der Waals surface area contributed by atoms with Crippen molar-refractivity contribution in [3.63, 3.8) is 0 Å². The van der Waals surface area contributed by atoms with E-state index in [9.17, 15) is 4.39 Å². The average molecular weight is 358 g/mol. The Labute approximate surface area is 130 Å². The summed E-state index contributed by atoms with van der Waals surface area (Å²) in [6.07, 6.45) is 3.54. The highest BCUT2D eigenvalue weighted by molar-refractivity contribution is 9.10. The summed E-state index contributed by atoms with van der Waals surface area (Å²) in [5.74, 6) is 1.30. The molecule has 3 rings (SSSR count). The van der Waals surface area contributed by atoms with Crippen LogP contribution in [0.1, 0.15) is 32.2 Å². The van der Waals surface area contributed by atoms with Crippen molar-refractivity contribution >= 4 is 44.7 Å². The van der Waals surface area contributed by atoms with Crippen molar-refractivity contribution in [3.8, 4) is 0 Å². The topological polar surface area (TPSA) is 43.8 Å². The molecule has 2 unspecified atom stereocenters. The fourth-order valence-electron chi connectivity index (χ4n) is 3.07. The normalized spacial score (nSPS) is 22.8. The molecule has 2 aromatic rings. The lowest BCUT2D eigenvalue weighted by Crippen LogP contribution is -2.18. The van der Waals surface area contributed by atoms with Gasteiger partial charge in [0.25, 0.3) is 0 Å². The Kier molecular flexibility index (Phi) is 3.95. The van der Waals surface area contributed by atoms with Crippen LogP contribution in [0, 0.1) is 5.82 Å². The number of nitrogens with two attached hydrogens (primary N) is 1. The molecule has 0 spiro atoms. The second kappa shape index (κ2) is 5.56. The van der Waals surface area contributed by atoms with Gasteiger partial charge in [-0.15, -0.1) is 0 Å². The van der Waals surface area contributed by atoms with Crippen LogP contribution in [0.25, 0.3) is 11.0 Å². The van der Waals surface area contributed by atoms with Gasteiger partial charge in [-0.05, 0) is 40.6 Å². The summed E-state index contributed by atoms with van der Waals surface area (Å²) in [6, 6.07) is 3.60. The number of aromatic nitrogens is 2. The molecule has 2 N–H and O–H groups in total. The minimum atomic E-state index is -0.298. The summed E-state index contributed by atoms with van der Waals surface area (Å²) >= 11 is 5.23. The number of rotatable bonds is 3. The van der Waals surface area contributed by atoms with Crippen LogP contribution in [-0.4, -0.2) is 20.6 Å². The van der Waals surface area contributed by atoms with Gasteiger partial charge in [0.2, 0.25) is 5.95 Å². The number of hydrogen-bond donors (Lipinski definition) is 1. The first-order valence-corrected chi connectivity index (χ1v) is 8.70. The lowest BCUT2D eigenvalue weighted by atomic mass is 10.2. The molecule has 20 heavy (non-hydrogen) atoms. The molecule has 0 aliphatic heterocycles. The van der Waals surface area contributed by atoms with Gasteiger partial charge < -0.3 is 10.3 Å². The molecule has 0 amide bonds. The van der Waals surface area contributed by atoms with E-state index in [0.717, 1.165) is 17.7 Å². The second-order valence-electron chi connectivity index (χ2n) is 5.09. The first-order valence-electron chi connectivity index (χ1n) is 6.86. The molecule has 1 aliphatic rings. The second-order valence-corrected chi connectivity index (χ2v) is 7.46. The molecule has 0 radical (unpaired) electrons. The summed E-state index contributed by atoms with van der Waals surface area (Å²) in [6.45, 7) is 2.18. The van der Waals surface area contributed by atoms with Crippen molar-refractivity contribution in [2.24, 2.45) is 0 Å². The van der Waals surface area contributed by atoms with E-state index < -0.39 is 0 Å². The van der Waals surface area contributed by atoms with E-state index in [0.29, 0.717) is 27.2 Å². The Hall–Kier alpha value is -0.750. The standard InChI is InChI=1S/C14H17BrFN3S/c1-2-20-13-5-3-4-11(13)19-12-6-8(15)9(16)7-10(12)18-14(19)17/h6-7,11,13H,2-5H2,1H3,(H2,17,18). The third-order valence-electron chi connectivity index (χ3n) is 3.89. The molecule has 0 saturated heterocycles. The van der Waals surface area contributed by atoms with Gasteiger partial charge in [0, 0.05) is 17.4 Å². The smallest absolute Gasteiger partial charge is 0.201 e. The maximum atomic E-state index is 13.6. The first kappa shape index (κ1) is 14.2. The Morgan fingerprint density at radius 3 is 3.05 bits per heavy atom. The molecule has 1 aliphatic carbocycles. The fourth-order valence-corrected chi connectivity index (χ4v) is 4.64. The third kappa shape index (κ3) is 2.33. The minimum absolute atomic E-state index is 0.298. The van der Waals surface area contributed by atoms with E-state index in [4.69, 9.17) is 5.73 Å². The maximum Gasteiger partial charge on any atom is 0.201 e. The van der Waals surface area contributed by atoms with Gasteiger partial charge >= 0.3 is 0 Å². The van der Waals surface area contributed by atoms with Gasteiger partial charge in [-0.3, -0.25) is 0 Å². The number of benzene rings is 1. The highest BCUT2D eigenvalue weighted by Gasteiger charge is 2.31. The van der Waals surface area contributed by atoms with Crippen molar-refractivity contribution < 1.29 is 4.39 Å². The Bertz CT molecular complexity index is 643. The van der Waals surface area contributed by atoms with Crippen LogP contribution >= 0.6 is 27.7 Å². The summed E-state index contributed by atoms with van der Waals surface area (Å²) < 4.78 is 16.2. The number of imidazole rings is 1. The van der Waals surface area contributed by atoms with Gasteiger partial charge in [-0.1, -0.05) is 13.3 Å². The molecule has 1 heterocycles. The van der Waals surface area contributed by atoms with E-state index in [1.54, 1.807) is 6.07 Å². The van der Waals surface area contributed by atoms with Gasteiger partial charge in [0.05, 0.1) is 15.5 Å². The molecule has 1 saturated carbocycles. The summed E-state index contributed by atoms with van der Waals surface area (Å²) in [5.41, 5.74) is 7.65. The zero-order valence-corrected chi connectivity index (χ0v) is 13.7. The Morgan fingerprint density at radius 2 is 2.30 bits per heavy atom. The molecule has 6 heteroatoms. The fraction of sp³-hybridized carbons (Fsp3) is 0.500. The van der Waals surface area contributed by atoms with Crippen LogP contribution in [0.3, 0.4) is 0 Å². The van der Waals surface area contributed by atoms with Crippen molar-refractivity contribution in [1.29, 1.82) is 0 Å². The number of hydrogen-bond acceptors (Lipinski definition) is 3. The molecular formula is C14H17BrFN3S. The van der Waals surface area contributed by atoms with Crippen LogP contribution in [0.5, 0.6) is 0 Å². The lowest BCUT2D eigenvalue weighted by Gasteiger charge is -2.22. The predicted octanol–water partition coefficient (Wildman–Crippen LogP) is 4.37. The number of anilines is 1. The van der Waals surface area contributed by atoms with Crippen molar-refractivity contribution in [2.75, 3.05) is 11.5 Å². The highest BCUT2D eigenvalue weighted by atomic mass is 79.9. The van der Waals surface area contributed by atoms with Gasteiger partial charge in [0.15, 0.2) is 0 Å². The molecule has 0 bridgehead atoms. The highest BCUT2D eigenvalue weighted by Crippen LogP contribution is 2.41. The monoisotopic (exact) mass is 357 g/mol. The molecule has 1 aromatic heterocycles. The van der Waals surface area contributed by atoms with Crippen molar-refractivity contribution in [1.82, 2.24) is 9.55 Å². The minimum Gasteiger partial charge on any atom is -0.369 e. The van der Waals surface area contributed by atoms with Crippen LogP contribution in [-0.2, 0) is 0 Å². The van der Waals surface area contributed by atoms with Crippen LogP contribution in [0.15, 0.2) is 16.6 Å². The van der Waals surface area contributed by atoms with Crippen molar-refractivity contribution in [2.45, 2.75) is 37.5 Å². The quantitative estimate of drug-likeness (QED) is 0.886. The average Bonchev–Trinajstić information content (AvgIpc) is 2.95. The SMILES string of the molecule is CCSC1CCCC1n1c(N)nc2cc(F)c(Br)cc21. The number of halogens is 2. The number of nitrogens with zero attached hydrogens (tertiary/aromatic N) is 2. The van der Waals surface area contributed by atoms with E-state index in [-0.39, 0.29) is 5.82 Å². The zero-order valence-electron chi connectivity index (χ0n) is 11.3. The van der Waals surface area contributed by atoms with Gasteiger partial charge in [-0.2, -0.15) is 11.8 Å². The van der Waals surface area contributed by atoms with Crippen molar-refractivity contribution in [3.05, 3.63) is 22.4 Å². The predicted molar refractivity (Wildman–Crippen MR) is 86.6 cm³/mol. The summed E-state index contributed by atoms with van der Waals surface area (Å²) in [4.78, 5) is 4.32. The van der Waals surface area contributed by atoms with E-state index >= 15 is 0 Å². The Balaban J connectivity index is 2.10.